The van der Waals surface area contributed by atoms with Crippen LogP contribution in [0.25, 0.3) is 0 Å². The summed E-state index contributed by atoms with van der Waals surface area (Å²) in [5.74, 6) is -2.01. The van der Waals surface area contributed by atoms with Gasteiger partial charge in [-0.15, -0.1) is 10.3 Å². The fraction of sp³-hybridized carbons (Fsp3) is 0.400. The Balaban J connectivity index is 1.90. The average molecular weight is 434 g/mol. The largest absolute Gasteiger partial charge is 0.377 e. The van der Waals surface area contributed by atoms with Crippen molar-refractivity contribution in [3.05, 3.63) is 47.9 Å². The molecule has 1 fully saturated rings. The lowest BCUT2D eigenvalue weighted by Crippen LogP contribution is -2.46. The molecule has 0 aromatic rings. The van der Waals surface area contributed by atoms with Crippen LogP contribution in [0, 0.1) is 0 Å². The van der Waals surface area contributed by atoms with Crippen LogP contribution in [-0.2, 0) is 43.1 Å². The van der Waals surface area contributed by atoms with Crippen LogP contribution >= 0.6 is 0 Å². The Morgan fingerprint density at radius 3 is 1.26 bits per heavy atom. The Kier molecular flexibility index (Phi) is 8.38. The summed E-state index contributed by atoms with van der Waals surface area (Å²) in [5.41, 5.74) is -0.395. The topological polar surface area (TPSA) is 121 Å². The van der Waals surface area contributed by atoms with Gasteiger partial charge in [-0.2, -0.15) is 0 Å². The predicted molar refractivity (Wildman–Crippen MR) is 103 cm³/mol. The molecule has 11 nitrogen and oxygen atoms in total. The minimum atomic E-state index is -0.553. The van der Waals surface area contributed by atoms with Gasteiger partial charge in [0.25, 0.3) is 0 Å². The SMILES string of the molecule is O=C1C=CC(=O)C(N2OCCOCCOCCOCCON2C2=CC(=O)C=CC2=O)=C1. The number of carbonyl (C=O) groups excluding carboxylic acids is 4. The first-order chi connectivity index (χ1) is 15.1. The van der Waals surface area contributed by atoms with Crippen LogP contribution in [0.1, 0.15) is 0 Å². The minimum absolute atomic E-state index is 0.0514. The van der Waals surface area contributed by atoms with Crippen molar-refractivity contribution in [2.24, 2.45) is 0 Å². The molecule has 1 heterocycles. The van der Waals surface area contributed by atoms with Gasteiger partial charge in [0, 0.05) is 12.2 Å². The summed E-state index contributed by atoms with van der Waals surface area (Å²) in [4.78, 5) is 60.0. The second kappa shape index (κ2) is 11.4. The zero-order valence-corrected chi connectivity index (χ0v) is 16.7. The Labute approximate surface area is 178 Å². The van der Waals surface area contributed by atoms with E-state index in [2.05, 4.69) is 0 Å². The third kappa shape index (κ3) is 6.51. The molecule has 3 rings (SSSR count). The number of carbonyl (C=O) groups is 4. The number of hydroxylamine groups is 2. The van der Waals surface area contributed by atoms with Crippen LogP contribution in [0.15, 0.2) is 47.9 Å². The van der Waals surface area contributed by atoms with Gasteiger partial charge in [0.1, 0.15) is 24.6 Å². The summed E-state index contributed by atoms with van der Waals surface area (Å²) in [6, 6.07) is 0. The van der Waals surface area contributed by atoms with Crippen LogP contribution in [0.5, 0.6) is 0 Å². The molecule has 0 radical (unpaired) electrons. The van der Waals surface area contributed by atoms with Crippen molar-refractivity contribution in [1.82, 2.24) is 10.3 Å². The zero-order valence-electron chi connectivity index (χ0n) is 16.7. The van der Waals surface area contributed by atoms with E-state index in [9.17, 15) is 19.2 Å². The molecule has 0 amide bonds. The average Bonchev–Trinajstić information content (AvgIpc) is 2.76. The van der Waals surface area contributed by atoms with Gasteiger partial charge >= 0.3 is 0 Å². The highest BCUT2D eigenvalue weighted by Crippen LogP contribution is 2.22. The standard InChI is InChI=1S/C20H22N2O9/c23-15-1-3-19(25)17(13-15)21-22(18-14-16(24)2-4-20(18)26)31-12-10-29-8-6-27-5-7-28-9-11-30-21/h1-4,13-14H,5-12H2. The number of ketones is 4. The van der Waals surface area contributed by atoms with E-state index < -0.39 is 23.1 Å². The van der Waals surface area contributed by atoms with Gasteiger partial charge in [0.05, 0.1) is 39.6 Å². The number of rotatable bonds is 2. The van der Waals surface area contributed by atoms with E-state index in [-0.39, 0.29) is 37.8 Å². The molecule has 0 bridgehead atoms. The highest BCUT2D eigenvalue weighted by Gasteiger charge is 2.32. The molecular weight excluding hydrogens is 412 g/mol. The van der Waals surface area contributed by atoms with E-state index >= 15 is 0 Å². The third-order valence-corrected chi connectivity index (χ3v) is 4.06. The summed E-state index contributed by atoms with van der Waals surface area (Å²) in [7, 11) is 0. The molecule has 0 aromatic carbocycles. The molecule has 3 aliphatic rings. The van der Waals surface area contributed by atoms with Crippen molar-refractivity contribution in [3.8, 4) is 0 Å². The van der Waals surface area contributed by atoms with Gasteiger partial charge < -0.3 is 14.2 Å². The van der Waals surface area contributed by atoms with Crippen LogP contribution < -0.4 is 0 Å². The zero-order chi connectivity index (χ0) is 22.1. The van der Waals surface area contributed by atoms with Gasteiger partial charge in [-0.3, -0.25) is 19.2 Å². The first-order valence-corrected chi connectivity index (χ1v) is 9.61. The lowest BCUT2D eigenvalue weighted by atomic mass is 10.1. The van der Waals surface area contributed by atoms with Crippen molar-refractivity contribution < 1.29 is 43.1 Å². The maximum atomic E-state index is 12.5. The summed E-state index contributed by atoms with van der Waals surface area (Å²) in [6.07, 6.45) is 6.46. The fourth-order valence-corrected chi connectivity index (χ4v) is 2.64. The van der Waals surface area contributed by atoms with E-state index in [1.54, 1.807) is 0 Å². The molecule has 166 valence electrons. The number of hydrazine groups is 1. The monoisotopic (exact) mass is 434 g/mol. The van der Waals surface area contributed by atoms with E-state index in [4.69, 9.17) is 23.9 Å². The molecule has 1 aliphatic heterocycles. The van der Waals surface area contributed by atoms with E-state index in [1.807, 2.05) is 0 Å². The Morgan fingerprint density at radius 1 is 0.516 bits per heavy atom. The molecule has 11 heteroatoms. The summed E-state index contributed by atoms with van der Waals surface area (Å²) in [5, 5.41) is 1.75. The lowest BCUT2D eigenvalue weighted by Gasteiger charge is -2.36. The van der Waals surface area contributed by atoms with Crippen molar-refractivity contribution in [2.45, 2.75) is 0 Å². The van der Waals surface area contributed by atoms with E-state index in [0.717, 1.165) is 46.8 Å². The van der Waals surface area contributed by atoms with Gasteiger partial charge in [0.2, 0.25) is 11.6 Å². The fourth-order valence-electron chi connectivity index (χ4n) is 2.64. The molecule has 0 unspecified atom stereocenters. The Bertz CT molecular complexity index is 776. The Morgan fingerprint density at radius 2 is 0.871 bits per heavy atom. The first-order valence-electron chi connectivity index (χ1n) is 9.61. The number of hydrogen-bond donors (Lipinski definition) is 0. The number of hydrogen-bond acceptors (Lipinski definition) is 11. The summed E-state index contributed by atoms with van der Waals surface area (Å²) in [6.45, 7) is 1.52. The van der Waals surface area contributed by atoms with Gasteiger partial charge in [0.15, 0.2) is 11.6 Å². The quantitative estimate of drug-likeness (QED) is 0.529. The van der Waals surface area contributed by atoms with E-state index in [1.165, 1.54) is 0 Å². The maximum absolute atomic E-state index is 12.5. The Hall–Kier alpha value is -2.96. The molecule has 1 saturated heterocycles. The third-order valence-electron chi connectivity index (χ3n) is 4.06. The van der Waals surface area contributed by atoms with E-state index in [0.29, 0.717) is 26.4 Å². The molecule has 0 saturated carbocycles. The molecule has 0 spiro atoms. The highest BCUT2D eigenvalue weighted by molar-refractivity contribution is 6.18. The van der Waals surface area contributed by atoms with Gasteiger partial charge in [-0.1, -0.05) is 0 Å². The minimum Gasteiger partial charge on any atom is -0.377 e. The summed E-state index contributed by atoms with van der Waals surface area (Å²) >= 11 is 0. The van der Waals surface area contributed by atoms with Crippen LogP contribution in [0.4, 0.5) is 0 Å². The molecular formula is C20H22N2O9. The highest BCUT2D eigenvalue weighted by atomic mass is 16.8. The number of nitrogens with zero attached hydrogens (tertiary/aromatic N) is 2. The molecule has 0 atom stereocenters. The van der Waals surface area contributed by atoms with Crippen LogP contribution in [-0.4, -0.2) is 86.3 Å². The normalized spacial score (nSPS) is 22.7. The molecule has 0 N–H and O–H groups in total. The molecule has 2 aliphatic carbocycles. The van der Waals surface area contributed by atoms with Crippen molar-refractivity contribution in [1.29, 1.82) is 0 Å². The van der Waals surface area contributed by atoms with Crippen molar-refractivity contribution >= 4 is 23.1 Å². The first kappa shape index (κ1) is 22.7. The maximum Gasteiger partial charge on any atom is 0.206 e. The van der Waals surface area contributed by atoms with Crippen LogP contribution in [0.2, 0.25) is 0 Å². The smallest absolute Gasteiger partial charge is 0.206 e. The number of allylic oxidation sites excluding steroid dienone is 6. The molecule has 0 aromatic heterocycles. The van der Waals surface area contributed by atoms with Gasteiger partial charge in [-0.25, -0.2) is 9.68 Å². The van der Waals surface area contributed by atoms with Crippen molar-refractivity contribution in [3.63, 3.8) is 0 Å². The summed E-state index contributed by atoms with van der Waals surface area (Å²) < 4.78 is 16.2. The predicted octanol–water partition coefficient (Wildman–Crippen LogP) is -0.384. The van der Waals surface area contributed by atoms with Crippen molar-refractivity contribution in [2.75, 3.05) is 52.9 Å². The van der Waals surface area contributed by atoms with Gasteiger partial charge in [-0.05, 0) is 24.3 Å². The number of ether oxygens (including phenoxy) is 3. The lowest BCUT2D eigenvalue weighted by molar-refractivity contribution is -0.371. The molecule has 31 heavy (non-hydrogen) atoms. The second-order valence-corrected chi connectivity index (χ2v) is 6.31. The second-order valence-electron chi connectivity index (χ2n) is 6.31. The van der Waals surface area contributed by atoms with Crippen LogP contribution in [0.3, 0.4) is 0 Å².